The zero-order valence-corrected chi connectivity index (χ0v) is 14.1. The number of pyridine rings is 1. The molecular weight excluding hydrogens is 298 g/mol. The molecule has 0 saturated heterocycles. The van der Waals surface area contributed by atoms with E-state index in [0.717, 1.165) is 37.1 Å². The van der Waals surface area contributed by atoms with Crippen LogP contribution in [0.2, 0.25) is 0 Å². The van der Waals surface area contributed by atoms with Gasteiger partial charge in [0, 0.05) is 24.2 Å². The molecule has 2 aromatic rings. The predicted octanol–water partition coefficient (Wildman–Crippen LogP) is 2.44. The Balaban J connectivity index is 1.87. The normalized spacial score (nSPS) is 15.2. The van der Waals surface area contributed by atoms with Gasteiger partial charge in [0.2, 0.25) is 0 Å². The van der Waals surface area contributed by atoms with E-state index in [1.807, 2.05) is 13.1 Å². The van der Waals surface area contributed by atoms with Gasteiger partial charge in [-0.1, -0.05) is 0 Å². The summed E-state index contributed by atoms with van der Waals surface area (Å²) in [6.07, 6.45) is 9.31. The number of sulfone groups is 1. The summed E-state index contributed by atoms with van der Waals surface area (Å²) in [6.45, 7) is 2.85. The number of unbranched alkanes of at least 4 members (excludes halogenated alkanes) is 1. The number of fused-ring (bicyclic) bond motifs is 3. The van der Waals surface area contributed by atoms with Crippen LogP contribution in [0.3, 0.4) is 0 Å². The summed E-state index contributed by atoms with van der Waals surface area (Å²) < 4.78 is 24.7. The average Bonchev–Trinajstić information content (AvgIpc) is 2.79. The first-order chi connectivity index (χ1) is 10.5. The summed E-state index contributed by atoms with van der Waals surface area (Å²) in [4.78, 5) is 9.21. The quantitative estimate of drug-likeness (QED) is 0.794. The van der Waals surface area contributed by atoms with Gasteiger partial charge >= 0.3 is 0 Å². The first-order valence-corrected chi connectivity index (χ1v) is 10.0. The highest BCUT2D eigenvalue weighted by Crippen LogP contribution is 2.28. The van der Waals surface area contributed by atoms with E-state index < -0.39 is 9.84 Å². The van der Waals surface area contributed by atoms with Gasteiger partial charge in [-0.05, 0) is 51.0 Å². The molecule has 0 aromatic carbocycles. The van der Waals surface area contributed by atoms with Gasteiger partial charge in [-0.3, -0.25) is 4.98 Å². The number of imidazole rings is 1. The Labute approximate surface area is 131 Å². The highest BCUT2D eigenvalue weighted by Gasteiger charge is 2.18. The maximum atomic E-state index is 11.2. The van der Waals surface area contributed by atoms with Crippen LogP contribution >= 0.6 is 0 Å². The number of aryl methyl sites for hydroxylation is 4. The van der Waals surface area contributed by atoms with Crippen molar-refractivity contribution < 1.29 is 8.42 Å². The number of rotatable bonds is 5. The second-order valence-electron chi connectivity index (χ2n) is 6.27. The highest BCUT2D eigenvalue weighted by molar-refractivity contribution is 7.90. The van der Waals surface area contributed by atoms with E-state index in [1.54, 1.807) is 0 Å². The minimum absolute atomic E-state index is 0.262. The zero-order valence-electron chi connectivity index (χ0n) is 13.3. The molecule has 6 heteroatoms. The molecule has 0 saturated carbocycles. The molecule has 22 heavy (non-hydrogen) atoms. The lowest BCUT2D eigenvalue weighted by molar-refractivity contribution is 0.587. The van der Waals surface area contributed by atoms with Crippen LogP contribution in [0.15, 0.2) is 6.20 Å². The number of aromatic nitrogens is 3. The van der Waals surface area contributed by atoms with E-state index in [4.69, 9.17) is 0 Å². The SMILES string of the molecule is Cc1nc2cnc3c(c2n1CCCCS(C)(=O)=O)CCCC3. The molecule has 0 bridgehead atoms. The van der Waals surface area contributed by atoms with Gasteiger partial charge in [0.1, 0.15) is 21.2 Å². The molecule has 120 valence electrons. The second-order valence-corrected chi connectivity index (χ2v) is 8.53. The summed E-state index contributed by atoms with van der Waals surface area (Å²) in [5, 5.41) is 0. The van der Waals surface area contributed by atoms with Crippen LogP contribution < -0.4 is 0 Å². The van der Waals surface area contributed by atoms with Gasteiger partial charge in [0.15, 0.2) is 0 Å². The van der Waals surface area contributed by atoms with Crippen molar-refractivity contribution in [1.82, 2.24) is 14.5 Å². The van der Waals surface area contributed by atoms with Gasteiger partial charge in [-0.25, -0.2) is 13.4 Å². The summed E-state index contributed by atoms with van der Waals surface area (Å²) in [5.41, 5.74) is 4.77. The summed E-state index contributed by atoms with van der Waals surface area (Å²) in [7, 11) is -2.87. The lowest BCUT2D eigenvalue weighted by Crippen LogP contribution is -2.10. The molecule has 5 nitrogen and oxygen atoms in total. The molecule has 0 radical (unpaired) electrons. The van der Waals surface area contributed by atoms with E-state index in [2.05, 4.69) is 14.5 Å². The lowest BCUT2D eigenvalue weighted by Gasteiger charge is -2.17. The van der Waals surface area contributed by atoms with Crippen LogP contribution in [-0.2, 0) is 29.2 Å². The van der Waals surface area contributed by atoms with Crippen molar-refractivity contribution in [1.29, 1.82) is 0 Å². The molecule has 0 amide bonds. The van der Waals surface area contributed by atoms with Gasteiger partial charge in [0.25, 0.3) is 0 Å². The van der Waals surface area contributed by atoms with E-state index in [1.165, 1.54) is 35.9 Å². The molecule has 0 unspecified atom stereocenters. The largest absolute Gasteiger partial charge is 0.328 e. The Hall–Kier alpha value is -1.43. The van der Waals surface area contributed by atoms with Gasteiger partial charge in [0.05, 0.1) is 11.7 Å². The van der Waals surface area contributed by atoms with E-state index in [-0.39, 0.29) is 5.75 Å². The van der Waals surface area contributed by atoms with Crippen LogP contribution in [0.4, 0.5) is 0 Å². The Kier molecular flexibility index (Phi) is 4.21. The van der Waals surface area contributed by atoms with Gasteiger partial charge in [-0.2, -0.15) is 0 Å². The highest BCUT2D eigenvalue weighted by atomic mass is 32.2. The van der Waals surface area contributed by atoms with Crippen molar-refractivity contribution in [2.24, 2.45) is 0 Å². The molecule has 1 aliphatic rings. The maximum absolute atomic E-state index is 11.2. The lowest BCUT2D eigenvalue weighted by atomic mass is 9.95. The number of nitrogens with zero attached hydrogens (tertiary/aromatic N) is 3. The Morgan fingerprint density at radius 2 is 2.00 bits per heavy atom. The Morgan fingerprint density at radius 1 is 1.23 bits per heavy atom. The van der Waals surface area contributed by atoms with Crippen molar-refractivity contribution >= 4 is 20.9 Å². The molecule has 1 aliphatic carbocycles. The van der Waals surface area contributed by atoms with Crippen molar-refractivity contribution in [3.63, 3.8) is 0 Å². The third kappa shape index (κ3) is 3.16. The molecule has 0 atom stereocenters. The smallest absolute Gasteiger partial charge is 0.147 e. The van der Waals surface area contributed by atoms with Crippen LogP contribution in [0.1, 0.15) is 42.8 Å². The third-order valence-corrected chi connectivity index (χ3v) is 5.43. The van der Waals surface area contributed by atoms with Crippen LogP contribution in [0, 0.1) is 6.92 Å². The fourth-order valence-electron chi connectivity index (χ4n) is 3.33. The molecule has 0 spiro atoms. The topological polar surface area (TPSA) is 64.8 Å². The van der Waals surface area contributed by atoms with Crippen molar-refractivity contribution in [3.05, 3.63) is 23.3 Å². The van der Waals surface area contributed by atoms with Crippen molar-refractivity contribution in [2.75, 3.05) is 12.0 Å². The van der Waals surface area contributed by atoms with E-state index >= 15 is 0 Å². The molecule has 2 aromatic heterocycles. The van der Waals surface area contributed by atoms with Crippen molar-refractivity contribution in [3.8, 4) is 0 Å². The maximum Gasteiger partial charge on any atom is 0.147 e. The van der Waals surface area contributed by atoms with Crippen LogP contribution in [0.5, 0.6) is 0 Å². The first kappa shape index (κ1) is 15.5. The first-order valence-electron chi connectivity index (χ1n) is 7.97. The Morgan fingerprint density at radius 3 is 2.77 bits per heavy atom. The summed E-state index contributed by atoms with van der Waals surface area (Å²) in [6, 6.07) is 0. The van der Waals surface area contributed by atoms with Gasteiger partial charge in [-0.15, -0.1) is 0 Å². The monoisotopic (exact) mass is 321 g/mol. The molecular formula is C16H23N3O2S. The Bertz CT molecular complexity index is 793. The fraction of sp³-hybridized carbons (Fsp3) is 0.625. The molecule has 3 rings (SSSR count). The molecule has 2 heterocycles. The van der Waals surface area contributed by atoms with Crippen LogP contribution in [0.25, 0.3) is 11.0 Å². The summed E-state index contributed by atoms with van der Waals surface area (Å²) in [5.74, 6) is 1.26. The van der Waals surface area contributed by atoms with E-state index in [0.29, 0.717) is 6.42 Å². The van der Waals surface area contributed by atoms with Crippen LogP contribution in [-0.4, -0.2) is 35.0 Å². The second kappa shape index (κ2) is 5.99. The molecule has 0 N–H and O–H groups in total. The van der Waals surface area contributed by atoms with Crippen molar-refractivity contribution in [2.45, 2.75) is 52.0 Å². The molecule has 0 fully saturated rings. The van der Waals surface area contributed by atoms with E-state index in [9.17, 15) is 8.42 Å². The zero-order chi connectivity index (χ0) is 15.7. The number of hydrogen-bond donors (Lipinski definition) is 0. The average molecular weight is 321 g/mol. The molecule has 0 aliphatic heterocycles. The summed E-state index contributed by atoms with van der Waals surface area (Å²) >= 11 is 0. The number of hydrogen-bond acceptors (Lipinski definition) is 4. The fourth-order valence-corrected chi connectivity index (χ4v) is 4.06. The van der Waals surface area contributed by atoms with Gasteiger partial charge < -0.3 is 4.57 Å². The minimum atomic E-state index is -2.87. The standard InChI is InChI=1S/C16H23N3O2S/c1-12-18-15-11-17-14-8-4-3-7-13(14)16(15)19(12)9-5-6-10-22(2,20)21/h11H,3-10H2,1-2H3. The predicted molar refractivity (Wildman–Crippen MR) is 87.9 cm³/mol. The minimum Gasteiger partial charge on any atom is -0.328 e. The third-order valence-electron chi connectivity index (χ3n) is 4.40.